The van der Waals surface area contributed by atoms with Gasteiger partial charge in [-0.15, -0.1) is 0 Å². The molecule has 55 heavy (non-hydrogen) atoms. The van der Waals surface area contributed by atoms with Crippen molar-refractivity contribution in [2.45, 2.75) is 213 Å². The molecule has 0 aliphatic rings. The van der Waals surface area contributed by atoms with Gasteiger partial charge in [-0.25, -0.2) is 0 Å². The number of allylic oxidation sites excluding steroid dienone is 14. The van der Waals surface area contributed by atoms with Gasteiger partial charge in [-0.3, -0.25) is 4.79 Å². The van der Waals surface area contributed by atoms with E-state index in [1.165, 1.54) is 109 Å². The van der Waals surface area contributed by atoms with Gasteiger partial charge in [0.2, 0.25) is 0 Å². The van der Waals surface area contributed by atoms with Crippen LogP contribution in [0.5, 0.6) is 0 Å². The Morgan fingerprint density at radius 1 is 0.455 bits per heavy atom. The summed E-state index contributed by atoms with van der Waals surface area (Å²) in [6, 6.07) is 0. The number of hydrogen-bond donors (Lipinski definition) is 1. The summed E-state index contributed by atoms with van der Waals surface area (Å²) >= 11 is 0. The molecule has 316 valence electrons. The summed E-state index contributed by atoms with van der Waals surface area (Å²) in [6.45, 7) is 5.20. The fraction of sp³-hybridized carbons (Fsp3) is 0.706. The number of rotatable bonds is 42. The fourth-order valence-electron chi connectivity index (χ4n) is 6.27. The second kappa shape index (κ2) is 47.7. The van der Waals surface area contributed by atoms with Gasteiger partial charge in [0.25, 0.3) is 0 Å². The highest BCUT2D eigenvalue weighted by molar-refractivity contribution is 5.69. The van der Waals surface area contributed by atoms with E-state index in [1.54, 1.807) is 0 Å². The summed E-state index contributed by atoms with van der Waals surface area (Å²) in [5.41, 5.74) is 0. The van der Waals surface area contributed by atoms with Gasteiger partial charge in [-0.1, -0.05) is 195 Å². The summed E-state index contributed by atoms with van der Waals surface area (Å²) in [5.74, 6) is -0.227. The van der Waals surface area contributed by atoms with Crippen LogP contribution >= 0.6 is 0 Å². The van der Waals surface area contributed by atoms with Crippen molar-refractivity contribution < 1.29 is 19.4 Å². The Labute approximate surface area is 341 Å². The monoisotopic (exact) mass is 765 g/mol. The van der Waals surface area contributed by atoms with E-state index in [-0.39, 0.29) is 19.2 Å². The predicted molar refractivity (Wildman–Crippen MR) is 242 cm³/mol. The van der Waals surface area contributed by atoms with Gasteiger partial charge < -0.3 is 14.6 Å². The Morgan fingerprint density at radius 2 is 0.818 bits per heavy atom. The Bertz CT molecular complexity index is 985. The van der Waals surface area contributed by atoms with Gasteiger partial charge in [0, 0.05) is 13.0 Å². The molecule has 4 heteroatoms. The first-order valence-electron chi connectivity index (χ1n) is 23.2. The molecule has 0 heterocycles. The summed E-state index contributed by atoms with van der Waals surface area (Å²) in [6.07, 6.45) is 66.5. The van der Waals surface area contributed by atoms with Crippen LogP contribution in [0.4, 0.5) is 0 Å². The van der Waals surface area contributed by atoms with Gasteiger partial charge in [0.15, 0.2) is 0 Å². The van der Waals surface area contributed by atoms with E-state index in [0.29, 0.717) is 13.0 Å². The standard InChI is InChI=1S/C51H88O4/c1-3-5-7-9-11-13-15-17-19-21-23-25-26-27-28-30-32-34-36-38-40-42-44-46-51(53)55-50(48-52)49-54-47-45-43-41-39-37-35-33-31-29-24-22-20-18-16-14-12-10-8-6-4-2/h5,7,11,13,17-20,23,25,27-28,32,34,50,52H,3-4,6,8-10,12,14-16,21-22,24,26,29-31,33,35-49H2,1-2H3/b7-5-,13-11-,19-17-,20-18-,25-23-,28-27-,34-32-. The van der Waals surface area contributed by atoms with Crippen molar-refractivity contribution in [3.05, 3.63) is 85.1 Å². The number of hydrogen-bond acceptors (Lipinski definition) is 4. The first-order valence-corrected chi connectivity index (χ1v) is 23.2. The third kappa shape index (κ3) is 45.9. The minimum Gasteiger partial charge on any atom is -0.457 e. The number of unbranched alkanes of at least 4 members (excludes halogenated alkanes) is 20. The minimum absolute atomic E-state index is 0.187. The second-order valence-electron chi connectivity index (χ2n) is 15.1. The van der Waals surface area contributed by atoms with E-state index in [1.807, 2.05) is 0 Å². The molecule has 0 rings (SSSR count). The maximum Gasteiger partial charge on any atom is 0.306 e. The van der Waals surface area contributed by atoms with Gasteiger partial charge in [-0.05, 0) is 89.9 Å². The molecule has 0 fully saturated rings. The first-order chi connectivity index (χ1) is 27.2. The molecule has 1 unspecified atom stereocenters. The number of aliphatic hydroxyl groups excluding tert-OH is 1. The molecule has 1 N–H and O–H groups in total. The largest absolute Gasteiger partial charge is 0.457 e. The molecule has 4 nitrogen and oxygen atoms in total. The van der Waals surface area contributed by atoms with Crippen LogP contribution < -0.4 is 0 Å². The van der Waals surface area contributed by atoms with Crippen LogP contribution in [-0.2, 0) is 14.3 Å². The van der Waals surface area contributed by atoms with Crippen LogP contribution in [-0.4, -0.2) is 37.0 Å². The van der Waals surface area contributed by atoms with Crippen molar-refractivity contribution >= 4 is 5.97 Å². The molecule has 0 aliphatic carbocycles. The number of carbonyl (C=O) groups excluding carboxylic acids is 1. The lowest BCUT2D eigenvalue weighted by molar-refractivity contribution is -0.154. The van der Waals surface area contributed by atoms with E-state index >= 15 is 0 Å². The smallest absolute Gasteiger partial charge is 0.306 e. The molecule has 0 bridgehead atoms. The third-order valence-electron chi connectivity index (χ3n) is 9.70. The number of ether oxygens (including phenoxy) is 2. The number of esters is 1. The van der Waals surface area contributed by atoms with Crippen LogP contribution in [0, 0.1) is 0 Å². The highest BCUT2D eigenvalue weighted by Crippen LogP contribution is 2.13. The van der Waals surface area contributed by atoms with Crippen molar-refractivity contribution in [2.75, 3.05) is 19.8 Å². The van der Waals surface area contributed by atoms with Crippen molar-refractivity contribution in [3.8, 4) is 0 Å². The van der Waals surface area contributed by atoms with Crippen LogP contribution in [0.25, 0.3) is 0 Å². The zero-order valence-corrected chi connectivity index (χ0v) is 36.2. The summed E-state index contributed by atoms with van der Waals surface area (Å²) in [4.78, 5) is 12.2. The quantitative estimate of drug-likeness (QED) is 0.0382. The van der Waals surface area contributed by atoms with Crippen molar-refractivity contribution in [3.63, 3.8) is 0 Å². The average Bonchev–Trinajstić information content (AvgIpc) is 3.19. The van der Waals surface area contributed by atoms with Crippen LogP contribution in [0.1, 0.15) is 206 Å². The average molecular weight is 765 g/mol. The molecule has 1 atom stereocenters. The van der Waals surface area contributed by atoms with Gasteiger partial charge >= 0.3 is 5.97 Å². The molecule has 0 saturated carbocycles. The van der Waals surface area contributed by atoms with E-state index in [2.05, 4.69) is 98.9 Å². The van der Waals surface area contributed by atoms with Crippen LogP contribution in [0.3, 0.4) is 0 Å². The molecule has 0 amide bonds. The van der Waals surface area contributed by atoms with Crippen molar-refractivity contribution in [2.24, 2.45) is 0 Å². The predicted octanol–water partition coefficient (Wildman–Crippen LogP) is 15.5. The van der Waals surface area contributed by atoms with Crippen LogP contribution in [0.15, 0.2) is 85.1 Å². The lowest BCUT2D eigenvalue weighted by Gasteiger charge is -2.15. The Kier molecular flexibility index (Phi) is 45.6. The van der Waals surface area contributed by atoms with Gasteiger partial charge in [0.1, 0.15) is 6.10 Å². The minimum atomic E-state index is -0.554. The molecule has 0 aromatic carbocycles. The molecule has 0 aromatic rings. The number of aliphatic hydroxyl groups is 1. The third-order valence-corrected chi connectivity index (χ3v) is 9.70. The Morgan fingerprint density at radius 3 is 1.25 bits per heavy atom. The zero-order chi connectivity index (χ0) is 39.8. The summed E-state index contributed by atoms with van der Waals surface area (Å²) < 4.78 is 11.2. The van der Waals surface area contributed by atoms with E-state index in [0.717, 1.165) is 77.0 Å². The maximum absolute atomic E-state index is 12.2. The molecule has 0 saturated heterocycles. The van der Waals surface area contributed by atoms with E-state index in [9.17, 15) is 9.90 Å². The summed E-state index contributed by atoms with van der Waals surface area (Å²) in [7, 11) is 0. The van der Waals surface area contributed by atoms with E-state index < -0.39 is 6.10 Å². The number of carbonyl (C=O) groups is 1. The van der Waals surface area contributed by atoms with Crippen LogP contribution in [0.2, 0.25) is 0 Å². The highest BCUT2D eigenvalue weighted by Gasteiger charge is 2.13. The maximum atomic E-state index is 12.2. The lowest BCUT2D eigenvalue weighted by atomic mass is 10.1. The SMILES string of the molecule is CC/C=C\C/C=C\C/C=C\C/C=C\C/C=C\C/C=C\CCCCCCC(=O)OC(CO)COCCCCCCCCCCCC/C=C\CCCCCCCC. The Hall–Kier alpha value is -2.43. The van der Waals surface area contributed by atoms with Gasteiger partial charge in [-0.2, -0.15) is 0 Å². The highest BCUT2D eigenvalue weighted by atomic mass is 16.6. The molecule has 0 aliphatic heterocycles. The molecular formula is C51H88O4. The van der Waals surface area contributed by atoms with E-state index in [4.69, 9.17) is 9.47 Å². The zero-order valence-electron chi connectivity index (χ0n) is 36.2. The Balaban J connectivity index is 3.52. The summed E-state index contributed by atoms with van der Waals surface area (Å²) in [5, 5.41) is 9.62. The lowest BCUT2D eigenvalue weighted by Crippen LogP contribution is -2.27. The molecular weight excluding hydrogens is 677 g/mol. The normalized spacial score (nSPS) is 13.1. The van der Waals surface area contributed by atoms with Crippen molar-refractivity contribution in [1.82, 2.24) is 0 Å². The molecule has 0 aromatic heterocycles. The second-order valence-corrected chi connectivity index (χ2v) is 15.1. The van der Waals surface area contributed by atoms with Gasteiger partial charge in [0.05, 0.1) is 13.2 Å². The topological polar surface area (TPSA) is 55.8 Å². The molecule has 0 spiro atoms. The van der Waals surface area contributed by atoms with Crippen molar-refractivity contribution in [1.29, 1.82) is 0 Å². The molecule has 0 radical (unpaired) electrons. The fourth-order valence-corrected chi connectivity index (χ4v) is 6.27. The first kappa shape index (κ1) is 52.6.